The van der Waals surface area contributed by atoms with Gasteiger partial charge in [0.05, 0.1) is 4.90 Å². The zero-order chi connectivity index (χ0) is 13.9. The van der Waals surface area contributed by atoms with Crippen molar-refractivity contribution in [2.45, 2.75) is 4.90 Å². The molecule has 4 nitrogen and oxygen atoms in total. The minimum absolute atomic E-state index is 0.252. The third kappa shape index (κ3) is 3.26. The van der Waals surface area contributed by atoms with E-state index < -0.39 is 10.0 Å². The van der Waals surface area contributed by atoms with Gasteiger partial charge in [-0.05, 0) is 36.4 Å². The van der Waals surface area contributed by atoms with Crippen LogP contribution in [0.4, 0.5) is 11.4 Å². The second-order valence-electron chi connectivity index (χ2n) is 4.36. The maximum atomic E-state index is 12.2. The third-order valence-electron chi connectivity index (χ3n) is 2.69. The Labute approximate surface area is 113 Å². The molecule has 0 unspecified atom stereocenters. The quantitative estimate of drug-likeness (QED) is 0.933. The van der Waals surface area contributed by atoms with Crippen LogP contribution in [0.5, 0.6) is 0 Å². The van der Waals surface area contributed by atoms with Crippen LogP contribution in [0.25, 0.3) is 0 Å². The number of sulfonamides is 1. The normalized spacial score (nSPS) is 11.1. The van der Waals surface area contributed by atoms with Crippen molar-refractivity contribution in [3.05, 3.63) is 54.6 Å². The van der Waals surface area contributed by atoms with Gasteiger partial charge in [-0.15, -0.1) is 0 Å². The summed E-state index contributed by atoms with van der Waals surface area (Å²) in [5.41, 5.74) is 1.51. The number of hydrogen-bond acceptors (Lipinski definition) is 3. The van der Waals surface area contributed by atoms with Gasteiger partial charge in [0, 0.05) is 25.5 Å². The SMILES string of the molecule is CN(C)c1ccc(S(=O)(=O)Nc2ccccc2)cc1. The molecule has 0 radical (unpaired) electrons. The summed E-state index contributed by atoms with van der Waals surface area (Å²) < 4.78 is 26.9. The van der Waals surface area contributed by atoms with Crippen LogP contribution in [0, 0.1) is 0 Å². The Morgan fingerprint density at radius 1 is 0.895 bits per heavy atom. The van der Waals surface area contributed by atoms with Gasteiger partial charge < -0.3 is 4.90 Å². The Hall–Kier alpha value is -2.01. The highest BCUT2D eigenvalue weighted by Gasteiger charge is 2.13. The Bertz CT molecular complexity index is 635. The van der Waals surface area contributed by atoms with E-state index in [1.807, 2.05) is 25.1 Å². The zero-order valence-electron chi connectivity index (χ0n) is 10.9. The summed E-state index contributed by atoms with van der Waals surface area (Å²) in [5.74, 6) is 0. The molecule has 0 bridgehead atoms. The van der Waals surface area contributed by atoms with Gasteiger partial charge >= 0.3 is 0 Å². The van der Waals surface area contributed by atoms with Crippen molar-refractivity contribution in [2.24, 2.45) is 0 Å². The molecule has 0 atom stereocenters. The molecule has 0 saturated carbocycles. The summed E-state index contributed by atoms with van der Waals surface area (Å²) in [6, 6.07) is 15.6. The number of nitrogens with zero attached hydrogens (tertiary/aromatic N) is 1. The molecule has 2 aromatic carbocycles. The lowest BCUT2D eigenvalue weighted by Gasteiger charge is -2.13. The first-order chi connectivity index (χ1) is 8.99. The fraction of sp³-hybridized carbons (Fsp3) is 0.143. The van der Waals surface area contributed by atoms with Gasteiger partial charge in [0.15, 0.2) is 0 Å². The third-order valence-corrected chi connectivity index (χ3v) is 4.09. The lowest BCUT2D eigenvalue weighted by molar-refractivity contribution is 0.601. The molecule has 0 spiro atoms. The van der Waals surface area contributed by atoms with E-state index in [1.165, 1.54) is 0 Å². The fourth-order valence-corrected chi connectivity index (χ4v) is 2.70. The number of rotatable bonds is 4. The van der Waals surface area contributed by atoms with E-state index in [1.54, 1.807) is 48.5 Å². The molecule has 19 heavy (non-hydrogen) atoms. The monoisotopic (exact) mass is 276 g/mol. The van der Waals surface area contributed by atoms with Crippen LogP contribution in [0.1, 0.15) is 0 Å². The Balaban J connectivity index is 2.25. The van der Waals surface area contributed by atoms with E-state index in [-0.39, 0.29) is 4.90 Å². The minimum atomic E-state index is -3.52. The van der Waals surface area contributed by atoms with E-state index in [0.29, 0.717) is 5.69 Å². The summed E-state index contributed by atoms with van der Waals surface area (Å²) in [4.78, 5) is 2.17. The first-order valence-electron chi connectivity index (χ1n) is 5.84. The predicted octanol–water partition coefficient (Wildman–Crippen LogP) is 2.55. The van der Waals surface area contributed by atoms with Crippen molar-refractivity contribution in [1.29, 1.82) is 0 Å². The average molecular weight is 276 g/mol. The molecular formula is C14H16N2O2S. The van der Waals surface area contributed by atoms with E-state index in [9.17, 15) is 8.42 Å². The highest BCUT2D eigenvalue weighted by Crippen LogP contribution is 2.18. The smallest absolute Gasteiger partial charge is 0.261 e. The molecule has 100 valence electrons. The number of benzene rings is 2. The molecule has 0 fully saturated rings. The fourth-order valence-electron chi connectivity index (χ4n) is 1.64. The van der Waals surface area contributed by atoms with E-state index in [2.05, 4.69) is 4.72 Å². The summed E-state index contributed by atoms with van der Waals surface area (Å²) in [6.07, 6.45) is 0. The van der Waals surface area contributed by atoms with Gasteiger partial charge in [-0.3, -0.25) is 4.72 Å². The molecule has 0 amide bonds. The molecule has 2 aromatic rings. The molecule has 2 rings (SSSR count). The van der Waals surface area contributed by atoms with E-state index >= 15 is 0 Å². The summed E-state index contributed by atoms with van der Waals surface area (Å²) in [6.45, 7) is 0. The predicted molar refractivity (Wildman–Crippen MR) is 78.0 cm³/mol. The van der Waals surface area contributed by atoms with E-state index in [4.69, 9.17) is 0 Å². The number of hydrogen-bond donors (Lipinski definition) is 1. The van der Waals surface area contributed by atoms with Crippen LogP contribution in [0.15, 0.2) is 59.5 Å². The van der Waals surface area contributed by atoms with Crippen LogP contribution in [-0.2, 0) is 10.0 Å². The van der Waals surface area contributed by atoms with Crippen LogP contribution in [-0.4, -0.2) is 22.5 Å². The highest BCUT2D eigenvalue weighted by molar-refractivity contribution is 7.92. The van der Waals surface area contributed by atoms with Crippen LogP contribution >= 0.6 is 0 Å². The van der Waals surface area contributed by atoms with Crippen LogP contribution < -0.4 is 9.62 Å². The standard InChI is InChI=1S/C14H16N2O2S/c1-16(2)13-8-10-14(11-9-13)19(17,18)15-12-6-4-3-5-7-12/h3-11,15H,1-2H3. The summed E-state index contributed by atoms with van der Waals surface area (Å²) >= 11 is 0. The summed E-state index contributed by atoms with van der Waals surface area (Å²) in [7, 11) is 0.293. The lowest BCUT2D eigenvalue weighted by Crippen LogP contribution is -2.13. The molecule has 0 saturated heterocycles. The first-order valence-corrected chi connectivity index (χ1v) is 7.32. The minimum Gasteiger partial charge on any atom is -0.378 e. The van der Waals surface area contributed by atoms with Gasteiger partial charge in [0.2, 0.25) is 0 Å². The maximum absolute atomic E-state index is 12.2. The molecule has 5 heteroatoms. The number of anilines is 2. The molecule has 0 aliphatic heterocycles. The molecule has 1 N–H and O–H groups in total. The maximum Gasteiger partial charge on any atom is 0.261 e. The second kappa shape index (κ2) is 5.32. The lowest BCUT2D eigenvalue weighted by atomic mass is 10.3. The van der Waals surface area contributed by atoms with Crippen molar-refractivity contribution >= 4 is 21.4 Å². The Morgan fingerprint density at radius 2 is 1.47 bits per heavy atom. The second-order valence-corrected chi connectivity index (χ2v) is 6.04. The van der Waals surface area contributed by atoms with Gasteiger partial charge in [-0.2, -0.15) is 0 Å². The molecule has 0 heterocycles. The summed E-state index contributed by atoms with van der Waals surface area (Å²) in [5, 5.41) is 0. The van der Waals surface area contributed by atoms with Crippen LogP contribution in [0.2, 0.25) is 0 Å². The highest BCUT2D eigenvalue weighted by atomic mass is 32.2. The van der Waals surface area contributed by atoms with Crippen molar-refractivity contribution < 1.29 is 8.42 Å². The molecule has 0 aliphatic carbocycles. The topological polar surface area (TPSA) is 49.4 Å². The number of para-hydroxylation sites is 1. The zero-order valence-corrected chi connectivity index (χ0v) is 11.7. The van der Waals surface area contributed by atoms with Gasteiger partial charge in [-0.25, -0.2) is 8.42 Å². The molecule has 0 aromatic heterocycles. The first kappa shape index (κ1) is 13.4. The van der Waals surface area contributed by atoms with Gasteiger partial charge in [-0.1, -0.05) is 18.2 Å². The van der Waals surface area contributed by atoms with Crippen LogP contribution in [0.3, 0.4) is 0 Å². The average Bonchev–Trinajstić information content (AvgIpc) is 2.39. The van der Waals surface area contributed by atoms with Gasteiger partial charge in [0.1, 0.15) is 0 Å². The van der Waals surface area contributed by atoms with Crippen molar-refractivity contribution in [2.75, 3.05) is 23.7 Å². The largest absolute Gasteiger partial charge is 0.378 e. The molecule has 0 aliphatic rings. The van der Waals surface area contributed by atoms with Crippen molar-refractivity contribution in [3.63, 3.8) is 0 Å². The number of nitrogens with one attached hydrogen (secondary N) is 1. The Morgan fingerprint density at radius 3 is 2.00 bits per heavy atom. The van der Waals surface area contributed by atoms with Crippen molar-refractivity contribution in [3.8, 4) is 0 Å². The van der Waals surface area contributed by atoms with E-state index in [0.717, 1.165) is 5.69 Å². The Kier molecular flexibility index (Phi) is 3.76. The van der Waals surface area contributed by atoms with Gasteiger partial charge in [0.25, 0.3) is 10.0 Å². The van der Waals surface area contributed by atoms with Crippen molar-refractivity contribution in [1.82, 2.24) is 0 Å². The molecular weight excluding hydrogens is 260 g/mol.